The van der Waals surface area contributed by atoms with Gasteiger partial charge in [-0.3, -0.25) is 0 Å². The van der Waals surface area contributed by atoms with Crippen molar-refractivity contribution >= 4 is 17.4 Å². The summed E-state index contributed by atoms with van der Waals surface area (Å²) in [6.07, 6.45) is 3.14. The van der Waals surface area contributed by atoms with E-state index in [2.05, 4.69) is 16.0 Å². The summed E-state index contributed by atoms with van der Waals surface area (Å²) in [6.45, 7) is 0. The molecule has 0 bridgehead atoms. The molecule has 0 saturated carbocycles. The topological polar surface area (TPSA) is 75.6 Å². The first-order valence-electron chi connectivity index (χ1n) is 4.53. The van der Waals surface area contributed by atoms with Crippen LogP contribution >= 0.6 is 11.8 Å². The van der Waals surface area contributed by atoms with E-state index in [-0.39, 0.29) is 0 Å². The molecule has 0 fully saturated rings. The van der Waals surface area contributed by atoms with Crippen molar-refractivity contribution in [1.82, 2.24) is 9.97 Å². The second-order valence-electron chi connectivity index (χ2n) is 3.02. The number of nitrogen functional groups attached to an aromatic ring is 1. The Kier molecular flexibility index (Phi) is 3.03. The van der Waals surface area contributed by atoms with Gasteiger partial charge >= 0.3 is 0 Å². The fourth-order valence-corrected chi connectivity index (χ4v) is 1.98. The first-order valence-corrected chi connectivity index (χ1v) is 5.35. The molecule has 0 unspecified atom stereocenters. The minimum Gasteiger partial charge on any atom is -0.399 e. The molecule has 0 spiro atoms. The highest BCUT2D eigenvalue weighted by atomic mass is 32.2. The zero-order valence-corrected chi connectivity index (χ0v) is 9.11. The van der Waals surface area contributed by atoms with Gasteiger partial charge in [-0.25, -0.2) is 9.97 Å². The molecule has 2 N–H and O–H groups in total. The number of hydrogen-bond donors (Lipinski definition) is 1. The Balaban J connectivity index is 2.32. The van der Waals surface area contributed by atoms with Crippen molar-refractivity contribution in [3.05, 3.63) is 42.4 Å². The molecule has 0 aliphatic heterocycles. The molecule has 0 aliphatic rings. The lowest BCUT2D eigenvalue weighted by molar-refractivity contribution is 1.05. The molecule has 1 aromatic heterocycles. The summed E-state index contributed by atoms with van der Waals surface area (Å²) < 4.78 is 0. The summed E-state index contributed by atoms with van der Waals surface area (Å²) in [7, 11) is 0. The normalized spacial score (nSPS) is 9.69. The molecule has 5 heteroatoms. The Labute approximate surface area is 97.1 Å². The van der Waals surface area contributed by atoms with E-state index >= 15 is 0 Å². The van der Waals surface area contributed by atoms with Crippen LogP contribution in [-0.4, -0.2) is 9.97 Å². The third-order valence-corrected chi connectivity index (χ3v) is 2.92. The maximum Gasteiger partial charge on any atom is 0.116 e. The van der Waals surface area contributed by atoms with E-state index in [1.807, 2.05) is 6.07 Å². The van der Waals surface area contributed by atoms with Gasteiger partial charge in [0, 0.05) is 16.8 Å². The van der Waals surface area contributed by atoms with Crippen molar-refractivity contribution in [3.8, 4) is 6.07 Å². The van der Waals surface area contributed by atoms with Crippen molar-refractivity contribution in [2.24, 2.45) is 0 Å². The Hall–Kier alpha value is -2.06. The van der Waals surface area contributed by atoms with Gasteiger partial charge in [0.1, 0.15) is 17.4 Å². The van der Waals surface area contributed by atoms with E-state index < -0.39 is 0 Å². The molecule has 0 atom stereocenters. The minimum absolute atomic E-state index is 0.559. The monoisotopic (exact) mass is 228 g/mol. The average Bonchev–Trinajstić information content (AvgIpc) is 2.33. The van der Waals surface area contributed by atoms with Crippen LogP contribution in [0.25, 0.3) is 0 Å². The molecule has 2 aromatic rings. The van der Waals surface area contributed by atoms with Crippen molar-refractivity contribution in [1.29, 1.82) is 5.26 Å². The largest absolute Gasteiger partial charge is 0.399 e. The highest BCUT2D eigenvalue weighted by Gasteiger charge is 2.05. The number of hydrogen-bond acceptors (Lipinski definition) is 5. The first-order chi connectivity index (χ1) is 7.79. The Morgan fingerprint density at radius 1 is 1.31 bits per heavy atom. The number of anilines is 1. The van der Waals surface area contributed by atoms with Crippen LogP contribution in [-0.2, 0) is 0 Å². The smallest absolute Gasteiger partial charge is 0.116 e. The fraction of sp³-hybridized carbons (Fsp3) is 0. The summed E-state index contributed by atoms with van der Waals surface area (Å²) in [5.41, 5.74) is 6.76. The third kappa shape index (κ3) is 2.30. The second kappa shape index (κ2) is 4.64. The zero-order valence-electron chi connectivity index (χ0n) is 8.29. The van der Waals surface area contributed by atoms with E-state index in [9.17, 15) is 0 Å². The molecule has 2 rings (SSSR count). The van der Waals surface area contributed by atoms with Crippen LogP contribution in [0.2, 0.25) is 0 Å². The van der Waals surface area contributed by atoms with Gasteiger partial charge in [-0.2, -0.15) is 5.26 Å². The van der Waals surface area contributed by atoms with Crippen LogP contribution in [0.5, 0.6) is 0 Å². The summed E-state index contributed by atoms with van der Waals surface area (Å²) in [4.78, 5) is 8.76. The first kappa shape index (κ1) is 10.5. The molecule has 16 heavy (non-hydrogen) atoms. The number of aromatic nitrogens is 2. The van der Waals surface area contributed by atoms with Crippen LogP contribution in [0.4, 0.5) is 5.69 Å². The highest BCUT2D eigenvalue weighted by molar-refractivity contribution is 7.99. The highest BCUT2D eigenvalue weighted by Crippen LogP contribution is 2.29. The predicted octanol–water partition coefficient (Wildman–Crippen LogP) is 2.08. The van der Waals surface area contributed by atoms with E-state index in [1.54, 1.807) is 24.4 Å². The lowest BCUT2D eigenvalue weighted by Crippen LogP contribution is -1.88. The number of nitrogens with zero attached hydrogens (tertiary/aromatic N) is 3. The third-order valence-electron chi connectivity index (χ3n) is 1.89. The Morgan fingerprint density at radius 3 is 2.88 bits per heavy atom. The van der Waals surface area contributed by atoms with Crippen LogP contribution in [0.15, 0.2) is 46.7 Å². The number of nitriles is 1. The van der Waals surface area contributed by atoms with E-state index in [0.717, 1.165) is 9.92 Å². The lowest BCUT2D eigenvalue weighted by Gasteiger charge is -2.03. The molecule has 78 valence electrons. The van der Waals surface area contributed by atoms with Gasteiger partial charge in [0.05, 0.1) is 5.56 Å². The average molecular weight is 228 g/mol. The Bertz CT molecular complexity index is 533. The lowest BCUT2D eigenvalue weighted by atomic mass is 10.2. The van der Waals surface area contributed by atoms with Gasteiger partial charge in [0.25, 0.3) is 0 Å². The van der Waals surface area contributed by atoms with Crippen LogP contribution in [0.1, 0.15) is 5.56 Å². The maximum absolute atomic E-state index is 8.97. The van der Waals surface area contributed by atoms with Gasteiger partial charge in [0.15, 0.2) is 0 Å². The number of rotatable bonds is 2. The van der Waals surface area contributed by atoms with Crippen LogP contribution in [0.3, 0.4) is 0 Å². The van der Waals surface area contributed by atoms with Crippen molar-refractivity contribution in [3.63, 3.8) is 0 Å². The van der Waals surface area contributed by atoms with Crippen molar-refractivity contribution in [2.45, 2.75) is 9.92 Å². The van der Waals surface area contributed by atoms with Crippen molar-refractivity contribution < 1.29 is 0 Å². The quantitative estimate of drug-likeness (QED) is 0.629. The van der Waals surface area contributed by atoms with Crippen LogP contribution < -0.4 is 5.73 Å². The molecule has 0 radical (unpaired) electrons. The molecule has 0 aliphatic carbocycles. The fourth-order valence-electron chi connectivity index (χ4n) is 1.18. The summed E-state index contributed by atoms with van der Waals surface area (Å²) >= 11 is 1.42. The van der Waals surface area contributed by atoms with E-state index in [0.29, 0.717) is 11.3 Å². The zero-order chi connectivity index (χ0) is 11.4. The molecule has 1 aromatic carbocycles. The SMILES string of the molecule is N#Cc1cc(N)ccc1Sc1ccncn1. The summed E-state index contributed by atoms with van der Waals surface area (Å²) in [5, 5.41) is 9.77. The number of benzene rings is 1. The minimum atomic E-state index is 0.559. The molecular formula is C11H8N4S. The van der Waals surface area contributed by atoms with Crippen molar-refractivity contribution in [2.75, 3.05) is 5.73 Å². The van der Waals surface area contributed by atoms with Gasteiger partial charge < -0.3 is 5.73 Å². The number of nitrogens with two attached hydrogens (primary N) is 1. The molecule has 0 amide bonds. The second-order valence-corrected chi connectivity index (χ2v) is 4.08. The van der Waals surface area contributed by atoms with Gasteiger partial charge in [0.2, 0.25) is 0 Å². The molecule has 0 saturated heterocycles. The summed E-state index contributed by atoms with van der Waals surface area (Å²) in [6, 6.07) is 9.15. The van der Waals surface area contributed by atoms with E-state index in [1.165, 1.54) is 18.1 Å². The van der Waals surface area contributed by atoms with Crippen LogP contribution in [0, 0.1) is 11.3 Å². The van der Waals surface area contributed by atoms with Gasteiger partial charge in [-0.05, 0) is 24.3 Å². The maximum atomic E-state index is 8.97. The Morgan fingerprint density at radius 2 is 2.19 bits per heavy atom. The van der Waals surface area contributed by atoms with Gasteiger partial charge in [-0.1, -0.05) is 11.8 Å². The molecular weight excluding hydrogens is 220 g/mol. The summed E-state index contributed by atoms with van der Waals surface area (Å²) in [5.74, 6) is 0. The van der Waals surface area contributed by atoms with E-state index in [4.69, 9.17) is 11.0 Å². The molecule has 1 heterocycles. The standard InChI is InChI=1S/C11H8N4S/c12-6-8-5-9(13)1-2-10(8)16-11-3-4-14-7-15-11/h1-5,7H,13H2. The van der Waals surface area contributed by atoms with Gasteiger partial charge in [-0.15, -0.1) is 0 Å². The predicted molar refractivity (Wildman–Crippen MR) is 61.7 cm³/mol. The molecule has 4 nitrogen and oxygen atoms in total.